The van der Waals surface area contributed by atoms with Crippen LogP contribution in [0.15, 0.2) is 12.1 Å². The second kappa shape index (κ2) is 4.99. The molecular formula is C11H14N2O5. The summed E-state index contributed by atoms with van der Waals surface area (Å²) < 4.78 is 0. The van der Waals surface area contributed by atoms with E-state index in [1.807, 2.05) is 13.8 Å². The highest BCUT2D eigenvalue weighted by atomic mass is 16.6. The maximum Gasteiger partial charge on any atom is 0.317 e. The minimum Gasteiger partial charge on any atom is -0.502 e. The first kappa shape index (κ1) is 13.9. The molecule has 7 nitrogen and oxygen atoms in total. The molecule has 0 amide bonds. The summed E-state index contributed by atoms with van der Waals surface area (Å²) in [5, 5.41) is 31.3. The fourth-order valence-corrected chi connectivity index (χ4v) is 1.58. The van der Waals surface area contributed by atoms with Crippen molar-refractivity contribution in [2.45, 2.75) is 26.7 Å². The first-order valence-corrected chi connectivity index (χ1v) is 5.41. The van der Waals surface area contributed by atoms with Gasteiger partial charge in [0, 0.05) is 11.6 Å². The molecule has 0 aliphatic rings. The Hall–Kier alpha value is -2.18. The van der Waals surface area contributed by atoms with Crippen LogP contribution in [-0.4, -0.2) is 15.0 Å². The Kier molecular flexibility index (Phi) is 3.85. The number of phenols is 1. The third-order valence-electron chi connectivity index (χ3n) is 3.00. The average Bonchev–Trinajstić information content (AvgIpc) is 2.27. The van der Waals surface area contributed by atoms with E-state index in [1.54, 1.807) is 6.92 Å². The summed E-state index contributed by atoms with van der Waals surface area (Å²) in [5.74, 6) is -0.618. The van der Waals surface area contributed by atoms with Crippen LogP contribution in [0.5, 0.6) is 5.75 Å². The molecule has 0 saturated heterocycles. The van der Waals surface area contributed by atoms with E-state index in [1.165, 1.54) is 6.07 Å². The van der Waals surface area contributed by atoms with E-state index in [2.05, 4.69) is 0 Å². The lowest BCUT2D eigenvalue weighted by molar-refractivity contribution is -0.394. The fraction of sp³-hybridized carbons (Fsp3) is 0.455. The van der Waals surface area contributed by atoms with Crippen LogP contribution in [0.2, 0.25) is 0 Å². The molecule has 18 heavy (non-hydrogen) atoms. The van der Waals surface area contributed by atoms with Gasteiger partial charge in [0.1, 0.15) is 0 Å². The molecule has 0 aliphatic carbocycles. The summed E-state index contributed by atoms with van der Waals surface area (Å²) >= 11 is 0. The van der Waals surface area contributed by atoms with Crippen LogP contribution in [0, 0.1) is 26.1 Å². The van der Waals surface area contributed by atoms with Crippen molar-refractivity contribution in [2.75, 3.05) is 0 Å². The normalized spacial score (nSPS) is 12.4. The van der Waals surface area contributed by atoms with Crippen molar-refractivity contribution >= 4 is 11.4 Å². The second-order valence-corrected chi connectivity index (χ2v) is 4.45. The van der Waals surface area contributed by atoms with E-state index < -0.39 is 21.3 Å². The first-order valence-electron chi connectivity index (χ1n) is 5.41. The molecule has 1 unspecified atom stereocenters. The minimum atomic E-state index is -0.821. The molecule has 0 aliphatic heterocycles. The molecule has 0 fully saturated rings. The Bertz CT molecular complexity index is 498. The lowest BCUT2D eigenvalue weighted by Crippen LogP contribution is -2.05. The van der Waals surface area contributed by atoms with Gasteiger partial charge in [-0.2, -0.15) is 0 Å². The molecule has 0 spiro atoms. The number of nitro groups is 2. The van der Waals surface area contributed by atoms with E-state index in [0.717, 1.165) is 6.07 Å². The predicted molar refractivity (Wildman–Crippen MR) is 64.7 cm³/mol. The van der Waals surface area contributed by atoms with Crippen molar-refractivity contribution in [1.29, 1.82) is 0 Å². The third kappa shape index (κ3) is 2.55. The smallest absolute Gasteiger partial charge is 0.317 e. The van der Waals surface area contributed by atoms with Gasteiger partial charge in [-0.1, -0.05) is 20.8 Å². The summed E-state index contributed by atoms with van der Waals surface area (Å²) in [6.45, 7) is 5.50. The number of hydrogen-bond acceptors (Lipinski definition) is 5. The summed E-state index contributed by atoms with van der Waals surface area (Å²) in [6, 6.07) is 1.96. The topological polar surface area (TPSA) is 107 Å². The number of non-ortho nitro benzene ring substituents is 1. The Labute approximate surface area is 103 Å². The predicted octanol–water partition coefficient (Wildman–Crippen LogP) is 2.97. The van der Waals surface area contributed by atoms with Gasteiger partial charge >= 0.3 is 5.69 Å². The van der Waals surface area contributed by atoms with Gasteiger partial charge < -0.3 is 5.11 Å². The first-order chi connectivity index (χ1) is 8.25. The Morgan fingerprint density at radius 3 is 2.06 bits per heavy atom. The van der Waals surface area contributed by atoms with Crippen molar-refractivity contribution in [2.24, 2.45) is 5.92 Å². The van der Waals surface area contributed by atoms with Crippen molar-refractivity contribution < 1.29 is 15.0 Å². The van der Waals surface area contributed by atoms with Crippen LogP contribution in [0.1, 0.15) is 32.3 Å². The Morgan fingerprint density at radius 1 is 1.11 bits per heavy atom. The minimum absolute atomic E-state index is 0.0949. The number of aromatic hydroxyl groups is 1. The van der Waals surface area contributed by atoms with Gasteiger partial charge in [0.05, 0.1) is 15.9 Å². The van der Waals surface area contributed by atoms with Crippen LogP contribution in [0.25, 0.3) is 0 Å². The molecule has 1 N–H and O–H groups in total. The lowest BCUT2D eigenvalue weighted by Gasteiger charge is -2.16. The summed E-state index contributed by atoms with van der Waals surface area (Å²) in [4.78, 5) is 20.0. The van der Waals surface area contributed by atoms with E-state index >= 15 is 0 Å². The fourth-order valence-electron chi connectivity index (χ4n) is 1.58. The van der Waals surface area contributed by atoms with E-state index in [0.29, 0.717) is 0 Å². The van der Waals surface area contributed by atoms with Gasteiger partial charge in [-0.05, 0) is 11.8 Å². The maximum absolute atomic E-state index is 10.8. The monoisotopic (exact) mass is 254 g/mol. The zero-order chi connectivity index (χ0) is 14.0. The zero-order valence-corrected chi connectivity index (χ0v) is 10.3. The van der Waals surface area contributed by atoms with Crippen LogP contribution in [-0.2, 0) is 0 Å². The Balaban J connectivity index is 3.50. The van der Waals surface area contributed by atoms with Crippen LogP contribution in [0.4, 0.5) is 11.4 Å². The quantitative estimate of drug-likeness (QED) is 0.656. The molecule has 98 valence electrons. The number of phenolic OH excluding ortho intramolecular Hbond substituents is 1. The van der Waals surface area contributed by atoms with E-state index in [4.69, 9.17) is 0 Å². The number of hydrogen-bond donors (Lipinski definition) is 1. The van der Waals surface area contributed by atoms with Crippen molar-refractivity contribution in [3.05, 3.63) is 37.9 Å². The number of rotatable bonds is 4. The number of benzene rings is 1. The lowest BCUT2D eigenvalue weighted by atomic mass is 9.89. The average molecular weight is 254 g/mol. The molecule has 0 heterocycles. The van der Waals surface area contributed by atoms with E-state index in [-0.39, 0.29) is 23.1 Å². The number of nitrogens with zero attached hydrogens (tertiary/aromatic N) is 2. The van der Waals surface area contributed by atoms with Gasteiger partial charge in [0.15, 0.2) is 5.75 Å². The van der Waals surface area contributed by atoms with Crippen molar-refractivity contribution in [3.63, 3.8) is 0 Å². The largest absolute Gasteiger partial charge is 0.502 e. The second-order valence-electron chi connectivity index (χ2n) is 4.45. The third-order valence-corrected chi connectivity index (χ3v) is 3.00. The molecule has 0 radical (unpaired) electrons. The maximum atomic E-state index is 10.8. The van der Waals surface area contributed by atoms with Gasteiger partial charge in [0.25, 0.3) is 5.69 Å². The Morgan fingerprint density at radius 2 is 1.67 bits per heavy atom. The van der Waals surface area contributed by atoms with Crippen molar-refractivity contribution in [1.82, 2.24) is 0 Å². The summed E-state index contributed by atoms with van der Waals surface area (Å²) in [6.07, 6.45) is 0. The highest BCUT2D eigenvalue weighted by Gasteiger charge is 2.27. The molecule has 1 rings (SSSR count). The molecule has 0 bridgehead atoms. The number of nitro benzene ring substituents is 2. The SMILES string of the molecule is CC(C)C(C)c1cc([N+](=O)[O-])cc([N+](=O)[O-])c1O. The van der Waals surface area contributed by atoms with Crippen LogP contribution < -0.4 is 0 Å². The molecular weight excluding hydrogens is 240 g/mol. The summed E-state index contributed by atoms with van der Waals surface area (Å²) in [7, 11) is 0. The standard InChI is InChI=1S/C11H14N2O5/c1-6(2)7(3)9-4-8(12(15)16)5-10(11(9)14)13(17)18/h4-7,14H,1-3H3. The van der Waals surface area contributed by atoms with Gasteiger partial charge in [0.2, 0.25) is 0 Å². The van der Waals surface area contributed by atoms with E-state index in [9.17, 15) is 25.3 Å². The molecule has 0 saturated carbocycles. The summed E-state index contributed by atoms with van der Waals surface area (Å²) in [5.41, 5.74) is -0.792. The zero-order valence-electron chi connectivity index (χ0n) is 10.3. The molecule has 1 atom stereocenters. The van der Waals surface area contributed by atoms with Gasteiger partial charge in [-0.3, -0.25) is 20.2 Å². The van der Waals surface area contributed by atoms with Crippen LogP contribution >= 0.6 is 0 Å². The molecule has 1 aromatic carbocycles. The van der Waals surface area contributed by atoms with Gasteiger partial charge in [-0.25, -0.2) is 0 Å². The highest BCUT2D eigenvalue weighted by molar-refractivity contribution is 5.58. The molecule has 1 aromatic rings. The van der Waals surface area contributed by atoms with Gasteiger partial charge in [-0.15, -0.1) is 0 Å². The molecule has 7 heteroatoms. The van der Waals surface area contributed by atoms with Crippen LogP contribution in [0.3, 0.4) is 0 Å². The highest BCUT2D eigenvalue weighted by Crippen LogP contribution is 2.40. The molecule has 0 aromatic heterocycles. The van der Waals surface area contributed by atoms with Crippen molar-refractivity contribution in [3.8, 4) is 5.75 Å².